The minimum Gasteiger partial charge on any atom is -0.384 e. The third-order valence-electron chi connectivity index (χ3n) is 5.21. The van der Waals surface area contributed by atoms with Gasteiger partial charge in [-0.3, -0.25) is 9.88 Å². The van der Waals surface area contributed by atoms with Crippen LogP contribution in [0.1, 0.15) is 31.5 Å². The minimum atomic E-state index is -0.841. The summed E-state index contributed by atoms with van der Waals surface area (Å²) in [4.78, 5) is 6.90. The number of pyridine rings is 1. The molecule has 3 unspecified atom stereocenters. The van der Waals surface area contributed by atoms with Gasteiger partial charge in [0.25, 0.3) is 0 Å². The zero-order valence-corrected chi connectivity index (χ0v) is 15.2. The number of hydrogen-bond acceptors (Lipinski definition) is 4. The molecule has 2 N–H and O–H groups in total. The summed E-state index contributed by atoms with van der Waals surface area (Å²) < 4.78 is 0. The molecule has 0 radical (unpaired) electrons. The van der Waals surface area contributed by atoms with Crippen LogP contribution < -0.4 is 5.32 Å². The molecule has 134 valence electrons. The Morgan fingerprint density at radius 1 is 1.20 bits per heavy atom. The highest BCUT2D eigenvalue weighted by Crippen LogP contribution is 2.22. The van der Waals surface area contributed by atoms with Gasteiger partial charge >= 0.3 is 0 Å². The van der Waals surface area contributed by atoms with Crippen LogP contribution >= 0.6 is 0 Å². The van der Waals surface area contributed by atoms with Crippen molar-refractivity contribution in [2.75, 3.05) is 19.6 Å². The summed E-state index contributed by atoms with van der Waals surface area (Å²) in [7, 11) is 0. The number of nitrogens with one attached hydrogen (secondary N) is 1. The molecule has 1 aromatic carbocycles. The van der Waals surface area contributed by atoms with Gasteiger partial charge in [-0.05, 0) is 37.0 Å². The van der Waals surface area contributed by atoms with Crippen LogP contribution in [-0.4, -0.2) is 40.7 Å². The fourth-order valence-electron chi connectivity index (χ4n) is 3.63. The fraction of sp³-hybridized carbons (Fsp3) is 0.476. The quantitative estimate of drug-likeness (QED) is 0.850. The molecular formula is C21H29N3O. The van der Waals surface area contributed by atoms with Gasteiger partial charge in [0.05, 0.1) is 11.3 Å². The minimum absolute atomic E-state index is 0.440. The van der Waals surface area contributed by atoms with E-state index in [2.05, 4.69) is 28.2 Å². The molecule has 0 spiro atoms. The van der Waals surface area contributed by atoms with Crippen LogP contribution in [0.4, 0.5) is 0 Å². The van der Waals surface area contributed by atoms with Gasteiger partial charge in [0.1, 0.15) is 0 Å². The van der Waals surface area contributed by atoms with E-state index in [1.54, 1.807) is 0 Å². The van der Waals surface area contributed by atoms with Crippen LogP contribution in [0.3, 0.4) is 0 Å². The highest BCUT2D eigenvalue weighted by molar-refractivity contribution is 5.21. The molecular weight excluding hydrogens is 310 g/mol. The normalized spacial score (nSPS) is 24.0. The molecule has 2 heterocycles. The van der Waals surface area contributed by atoms with Gasteiger partial charge in [-0.1, -0.05) is 43.3 Å². The maximum Gasteiger partial charge on any atom is 0.0992 e. The molecule has 0 aliphatic carbocycles. The van der Waals surface area contributed by atoms with Gasteiger partial charge in [0.15, 0.2) is 0 Å². The first-order valence-electron chi connectivity index (χ1n) is 9.18. The Kier molecular flexibility index (Phi) is 5.84. The molecule has 1 fully saturated rings. The van der Waals surface area contributed by atoms with E-state index >= 15 is 0 Å². The van der Waals surface area contributed by atoms with E-state index in [0.29, 0.717) is 18.5 Å². The Balaban J connectivity index is 1.50. The summed E-state index contributed by atoms with van der Waals surface area (Å²) in [5.74, 6) is 0.545. The van der Waals surface area contributed by atoms with Crippen molar-refractivity contribution in [3.05, 3.63) is 66.0 Å². The average Bonchev–Trinajstić information content (AvgIpc) is 2.63. The molecule has 4 heteroatoms. The summed E-state index contributed by atoms with van der Waals surface area (Å²) in [6.07, 6.45) is 2.96. The molecule has 1 aromatic heterocycles. The summed E-state index contributed by atoms with van der Waals surface area (Å²) in [5.41, 5.74) is 1.25. The number of hydrogen-bond donors (Lipinski definition) is 2. The van der Waals surface area contributed by atoms with Gasteiger partial charge < -0.3 is 10.4 Å². The summed E-state index contributed by atoms with van der Waals surface area (Å²) in [5, 5.41) is 14.4. The number of piperidine rings is 1. The second-order valence-corrected chi connectivity index (χ2v) is 7.45. The van der Waals surface area contributed by atoms with Crippen molar-refractivity contribution in [3.8, 4) is 0 Å². The number of likely N-dealkylation sites (tertiary alicyclic amines) is 1. The number of rotatable bonds is 6. The Labute approximate surface area is 150 Å². The first-order valence-corrected chi connectivity index (χ1v) is 9.18. The predicted molar refractivity (Wildman–Crippen MR) is 101 cm³/mol. The van der Waals surface area contributed by atoms with E-state index in [0.717, 1.165) is 37.3 Å². The summed E-state index contributed by atoms with van der Waals surface area (Å²) >= 11 is 0. The lowest BCUT2D eigenvalue weighted by Crippen LogP contribution is -2.51. The lowest BCUT2D eigenvalue weighted by molar-refractivity contribution is 0.0445. The molecule has 0 bridgehead atoms. The van der Waals surface area contributed by atoms with Gasteiger partial charge in [0.2, 0.25) is 0 Å². The third-order valence-corrected chi connectivity index (χ3v) is 5.21. The lowest BCUT2D eigenvalue weighted by atomic mass is 9.91. The monoisotopic (exact) mass is 339 g/mol. The van der Waals surface area contributed by atoms with E-state index in [4.69, 9.17) is 0 Å². The zero-order valence-electron chi connectivity index (χ0n) is 15.2. The molecule has 3 atom stereocenters. The van der Waals surface area contributed by atoms with Crippen molar-refractivity contribution >= 4 is 0 Å². The van der Waals surface area contributed by atoms with Crippen molar-refractivity contribution in [1.82, 2.24) is 15.2 Å². The van der Waals surface area contributed by atoms with Gasteiger partial charge in [-0.25, -0.2) is 0 Å². The predicted octanol–water partition coefficient (Wildman–Crippen LogP) is 2.79. The maximum absolute atomic E-state index is 10.8. The van der Waals surface area contributed by atoms with Crippen LogP contribution in [0, 0.1) is 5.92 Å². The standard InChI is InChI=1S/C21H29N3O/c1-17-14-24(15-19-10-6-7-12-22-19)13-11-20(17)23-16-21(2,25)18-8-4-3-5-9-18/h3-10,12,17,20,23,25H,11,13-16H2,1-2H3. The summed E-state index contributed by atoms with van der Waals surface area (Å²) in [6, 6.07) is 16.4. The Hall–Kier alpha value is -1.75. The van der Waals surface area contributed by atoms with Crippen LogP contribution in [0.2, 0.25) is 0 Å². The van der Waals surface area contributed by atoms with E-state index in [1.807, 2.05) is 55.6 Å². The van der Waals surface area contributed by atoms with Crippen LogP contribution in [0.15, 0.2) is 54.7 Å². The molecule has 2 aromatic rings. The highest BCUT2D eigenvalue weighted by Gasteiger charge is 2.29. The van der Waals surface area contributed by atoms with Crippen molar-refractivity contribution in [2.24, 2.45) is 5.92 Å². The van der Waals surface area contributed by atoms with E-state index in [-0.39, 0.29) is 0 Å². The SMILES string of the molecule is CC1CN(Cc2ccccn2)CCC1NCC(C)(O)c1ccccc1. The van der Waals surface area contributed by atoms with Crippen molar-refractivity contribution in [3.63, 3.8) is 0 Å². The molecule has 0 amide bonds. The van der Waals surface area contributed by atoms with E-state index < -0.39 is 5.60 Å². The zero-order chi connectivity index (χ0) is 17.7. The summed E-state index contributed by atoms with van der Waals surface area (Å²) in [6.45, 7) is 7.79. The largest absolute Gasteiger partial charge is 0.384 e. The second-order valence-electron chi connectivity index (χ2n) is 7.45. The molecule has 1 aliphatic heterocycles. The second kappa shape index (κ2) is 8.09. The molecule has 4 nitrogen and oxygen atoms in total. The fourth-order valence-corrected chi connectivity index (χ4v) is 3.63. The smallest absolute Gasteiger partial charge is 0.0992 e. The molecule has 1 saturated heterocycles. The highest BCUT2D eigenvalue weighted by atomic mass is 16.3. The van der Waals surface area contributed by atoms with E-state index in [9.17, 15) is 5.11 Å². The van der Waals surface area contributed by atoms with E-state index in [1.165, 1.54) is 0 Å². The lowest BCUT2D eigenvalue weighted by Gasteiger charge is -2.38. The van der Waals surface area contributed by atoms with Crippen LogP contribution in [0.25, 0.3) is 0 Å². The van der Waals surface area contributed by atoms with Gasteiger partial charge in [-0.15, -0.1) is 0 Å². The number of aromatic nitrogens is 1. The Morgan fingerprint density at radius 3 is 2.64 bits per heavy atom. The van der Waals surface area contributed by atoms with Gasteiger partial charge in [-0.2, -0.15) is 0 Å². The molecule has 25 heavy (non-hydrogen) atoms. The molecule has 3 rings (SSSR count). The van der Waals surface area contributed by atoms with Crippen molar-refractivity contribution in [1.29, 1.82) is 0 Å². The van der Waals surface area contributed by atoms with Crippen molar-refractivity contribution in [2.45, 2.75) is 38.5 Å². The molecule has 0 saturated carbocycles. The number of aliphatic hydroxyl groups is 1. The van der Waals surface area contributed by atoms with Gasteiger partial charge in [0, 0.05) is 38.4 Å². The average molecular weight is 339 g/mol. The first kappa shape index (κ1) is 18.1. The molecule has 1 aliphatic rings. The maximum atomic E-state index is 10.8. The third kappa shape index (κ3) is 4.88. The first-order chi connectivity index (χ1) is 12.0. The topological polar surface area (TPSA) is 48.4 Å². The Morgan fingerprint density at radius 2 is 1.96 bits per heavy atom. The Bertz CT molecular complexity index is 645. The number of nitrogens with zero attached hydrogens (tertiary/aromatic N) is 2. The number of benzene rings is 1. The van der Waals surface area contributed by atoms with Crippen molar-refractivity contribution < 1.29 is 5.11 Å². The van der Waals surface area contributed by atoms with Crippen LogP contribution in [0.5, 0.6) is 0 Å². The van der Waals surface area contributed by atoms with Crippen LogP contribution in [-0.2, 0) is 12.1 Å².